The summed E-state index contributed by atoms with van der Waals surface area (Å²) in [5, 5.41) is 9.94. The molecule has 64 valence electrons. The van der Waals surface area contributed by atoms with Crippen LogP contribution in [-0.2, 0) is 4.74 Å². The third-order valence-corrected chi connectivity index (χ3v) is 1.55. The summed E-state index contributed by atoms with van der Waals surface area (Å²) < 4.78 is 4.32. The van der Waals surface area contributed by atoms with Crippen molar-refractivity contribution in [2.45, 2.75) is 0 Å². The van der Waals surface area contributed by atoms with Crippen LogP contribution in [0.2, 0.25) is 0 Å². The van der Waals surface area contributed by atoms with Gasteiger partial charge in [-0.05, 0) is 12.2 Å². The first kappa shape index (κ1) is 8.81. The molecule has 1 aromatic rings. The maximum Gasteiger partial charge on any atom is 0.411 e. The Hall–Kier alpha value is -1.28. The molecule has 0 aliphatic heterocycles. The molecule has 6 nitrogen and oxygen atoms in total. The van der Waals surface area contributed by atoms with Crippen LogP contribution in [0.5, 0.6) is 0 Å². The van der Waals surface area contributed by atoms with Crippen molar-refractivity contribution in [2.75, 3.05) is 5.32 Å². The van der Waals surface area contributed by atoms with Gasteiger partial charge in [0.15, 0.2) is 0 Å². The molecule has 1 amide bonds. The highest BCUT2D eigenvalue weighted by atomic mass is 32.1. The van der Waals surface area contributed by atoms with E-state index in [4.69, 9.17) is 5.73 Å². The summed E-state index contributed by atoms with van der Waals surface area (Å²) in [6.45, 7) is 0. The minimum Gasteiger partial charge on any atom is -0.382 e. The second kappa shape index (κ2) is 3.93. The number of nitrogens with two attached hydrogens (primary N) is 1. The number of thiocarbonyl (C=S) groups is 1. The van der Waals surface area contributed by atoms with Gasteiger partial charge in [-0.2, -0.15) is 0 Å². The molecule has 0 saturated carbocycles. The average Bonchev–Trinajstić information content (AvgIpc) is 2.37. The van der Waals surface area contributed by atoms with Crippen molar-refractivity contribution in [2.24, 2.45) is 5.73 Å². The van der Waals surface area contributed by atoms with E-state index in [2.05, 4.69) is 32.5 Å². The van der Waals surface area contributed by atoms with Crippen LogP contribution in [0.15, 0.2) is 5.51 Å². The van der Waals surface area contributed by atoms with E-state index >= 15 is 0 Å². The summed E-state index contributed by atoms with van der Waals surface area (Å²) in [5.41, 5.74) is 6.21. The zero-order chi connectivity index (χ0) is 8.97. The molecule has 0 spiro atoms. The SMILES string of the molecule is NC(=O)OC(=S)Nc1nncs1. The van der Waals surface area contributed by atoms with Crippen molar-refractivity contribution >= 4 is 40.0 Å². The van der Waals surface area contributed by atoms with E-state index in [9.17, 15) is 4.79 Å². The van der Waals surface area contributed by atoms with Crippen molar-refractivity contribution in [3.8, 4) is 0 Å². The molecule has 0 aromatic carbocycles. The van der Waals surface area contributed by atoms with Crippen LogP contribution in [0.25, 0.3) is 0 Å². The molecule has 1 rings (SSSR count). The fourth-order valence-electron chi connectivity index (χ4n) is 0.432. The van der Waals surface area contributed by atoms with Crippen LogP contribution in [0, 0.1) is 0 Å². The zero-order valence-corrected chi connectivity index (χ0v) is 7.32. The summed E-state index contributed by atoms with van der Waals surface area (Å²) in [6, 6.07) is 0. The van der Waals surface area contributed by atoms with E-state index in [1.807, 2.05) is 0 Å². The molecule has 0 aliphatic rings. The van der Waals surface area contributed by atoms with Gasteiger partial charge >= 0.3 is 6.09 Å². The maximum absolute atomic E-state index is 10.2. The van der Waals surface area contributed by atoms with E-state index in [-0.39, 0.29) is 5.17 Å². The van der Waals surface area contributed by atoms with Gasteiger partial charge in [0, 0.05) is 0 Å². The van der Waals surface area contributed by atoms with Crippen molar-refractivity contribution < 1.29 is 9.53 Å². The van der Waals surface area contributed by atoms with Gasteiger partial charge in [0.25, 0.3) is 5.17 Å². The topological polar surface area (TPSA) is 90.1 Å². The fourth-order valence-corrected chi connectivity index (χ4v) is 1.12. The number of hydrogen-bond acceptors (Lipinski definition) is 6. The molecular weight excluding hydrogens is 200 g/mol. The number of carbonyl (C=O) groups excluding carboxylic acids is 1. The molecule has 1 heterocycles. The molecule has 12 heavy (non-hydrogen) atoms. The predicted molar refractivity (Wildman–Crippen MR) is 46.8 cm³/mol. The van der Waals surface area contributed by atoms with Crippen LogP contribution in [0.3, 0.4) is 0 Å². The lowest BCUT2D eigenvalue weighted by molar-refractivity contribution is 0.209. The number of rotatable bonds is 1. The Kier molecular flexibility index (Phi) is 2.88. The largest absolute Gasteiger partial charge is 0.411 e. The van der Waals surface area contributed by atoms with E-state index in [1.165, 1.54) is 16.8 Å². The molecule has 0 radical (unpaired) electrons. The molecule has 0 bridgehead atoms. The number of anilines is 1. The number of carbonyl (C=O) groups is 1. The van der Waals surface area contributed by atoms with Crippen LogP contribution in [0.1, 0.15) is 0 Å². The van der Waals surface area contributed by atoms with Gasteiger partial charge in [-0.3, -0.25) is 5.32 Å². The van der Waals surface area contributed by atoms with E-state index in [0.29, 0.717) is 5.13 Å². The van der Waals surface area contributed by atoms with Gasteiger partial charge in [-0.25, -0.2) is 4.79 Å². The molecule has 1 aromatic heterocycles. The zero-order valence-electron chi connectivity index (χ0n) is 5.68. The van der Waals surface area contributed by atoms with Crippen molar-refractivity contribution in [1.82, 2.24) is 10.2 Å². The minimum atomic E-state index is -0.961. The monoisotopic (exact) mass is 204 g/mol. The van der Waals surface area contributed by atoms with Gasteiger partial charge in [-0.1, -0.05) is 11.3 Å². The molecule has 0 aliphatic carbocycles. The Morgan fingerprint density at radius 1 is 1.83 bits per heavy atom. The number of nitrogens with zero attached hydrogens (tertiary/aromatic N) is 2. The highest BCUT2D eigenvalue weighted by Gasteiger charge is 2.03. The number of aromatic nitrogens is 2. The Balaban J connectivity index is 2.42. The van der Waals surface area contributed by atoms with Gasteiger partial charge in [0.1, 0.15) is 5.51 Å². The smallest absolute Gasteiger partial charge is 0.382 e. The number of nitrogens with one attached hydrogen (secondary N) is 1. The summed E-state index contributed by atoms with van der Waals surface area (Å²) in [5.74, 6) is 0. The van der Waals surface area contributed by atoms with Crippen LogP contribution in [-0.4, -0.2) is 21.5 Å². The third-order valence-electron chi connectivity index (χ3n) is 0.762. The van der Waals surface area contributed by atoms with Gasteiger partial charge in [0.05, 0.1) is 0 Å². The number of amides is 1. The average molecular weight is 204 g/mol. The molecule has 0 saturated heterocycles. The van der Waals surface area contributed by atoms with Crippen LogP contribution < -0.4 is 11.1 Å². The fraction of sp³-hybridized carbons (Fsp3) is 0. The lowest BCUT2D eigenvalue weighted by Gasteiger charge is -2.00. The third kappa shape index (κ3) is 2.76. The van der Waals surface area contributed by atoms with Crippen LogP contribution in [0.4, 0.5) is 9.93 Å². The molecule has 3 N–H and O–H groups in total. The van der Waals surface area contributed by atoms with Crippen molar-refractivity contribution in [1.29, 1.82) is 0 Å². The highest BCUT2D eigenvalue weighted by Crippen LogP contribution is 2.07. The first-order valence-corrected chi connectivity index (χ1v) is 4.01. The Labute approximate surface area is 76.7 Å². The standard InChI is InChI=1S/C4H4N4O2S2/c5-2(9)10-4(11)7-3-8-6-1-12-3/h1H,(H2,5,9)(H,7,8,11). The number of hydrogen-bond donors (Lipinski definition) is 2. The van der Waals surface area contributed by atoms with E-state index < -0.39 is 6.09 Å². The summed E-state index contributed by atoms with van der Waals surface area (Å²) in [7, 11) is 0. The predicted octanol–water partition coefficient (Wildman–Crippen LogP) is 0.330. The molecular formula is C4H4N4O2S2. The van der Waals surface area contributed by atoms with Gasteiger partial charge in [0.2, 0.25) is 5.13 Å². The normalized spacial score (nSPS) is 9.00. The molecule has 0 atom stereocenters. The van der Waals surface area contributed by atoms with Crippen molar-refractivity contribution in [3.05, 3.63) is 5.51 Å². The molecule has 0 fully saturated rings. The summed E-state index contributed by atoms with van der Waals surface area (Å²) in [4.78, 5) is 10.2. The number of ether oxygens (including phenoxy) is 1. The second-order valence-corrected chi connectivity index (χ2v) is 2.78. The maximum atomic E-state index is 10.2. The van der Waals surface area contributed by atoms with Crippen molar-refractivity contribution in [3.63, 3.8) is 0 Å². The second-order valence-electron chi connectivity index (χ2n) is 1.58. The van der Waals surface area contributed by atoms with Crippen LogP contribution >= 0.6 is 23.6 Å². The van der Waals surface area contributed by atoms with Gasteiger partial charge in [-0.15, -0.1) is 10.2 Å². The Bertz CT molecular complexity index is 285. The minimum absolute atomic E-state index is 0.140. The first-order chi connectivity index (χ1) is 5.68. The van der Waals surface area contributed by atoms with E-state index in [0.717, 1.165) is 0 Å². The first-order valence-electron chi connectivity index (χ1n) is 2.73. The van der Waals surface area contributed by atoms with Gasteiger partial charge < -0.3 is 10.5 Å². The highest BCUT2D eigenvalue weighted by molar-refractivity contribution is 7.80. The lowest BCUT2D eigenvalue weighted by Crippen LogP contribution is -2.22. The lowest BCUT2D eigenvalue weighted by atomic mass is 11.0. The quantitative estimate of drug-likeness (QED) is 0.641. The number of primary amides is 1. The summed E-state index contributed by atoms with van der Waals surface area (Å²) >= 11 is 5.81. The Morgan fingerprint density at radius 2 is 2.58 bits per heavy atom. The Morgan fingerprint density at radius 3 is 3.08 bits per heavy atom. The van der Waals surface area contributed by atoms with E-state index in [1.54, 1.807) is 0 Å². The molecule has 8 heteroatoms. The molecule has 0 unspecified atom stereocenters. The summed E-state index contributed by atoms with van der Waals surface area (Å²) in [6.07, 6.45) is -0.961.